The van der Waals surface area contributed by atoms with Crippen LogP contribution in [0, 0.1) is 0 Å². The summed E-state index contributed by atoms with van der Waals surface area (Å²) in [5.74, 6) is -0.170. The van der Waals surface area contributed by atoms with E-state index in [9.17, 15) is 13.2 Å². The molecule has 1 rings (SSSR count). The maximum atomic E-state index is 11.0. The van der Waals surface area contributed by atoms with E-state index in [2.05, 4.69) is 9.17 Å². The smallest absolute Gasteiger partial charge is 0.264 e. The quantitative estimate of drug-likeness (QED) is 0.563. The molecule has 1 heterocycles. The summed E-state index contributed by atoms with van der Waals surface area (Å²) in [4.78, 5) is 14.8. The van der Waals surface area contributed by atoms with Crippen molar-refractivity contribution >= 4 is 15.9 Å². The van der Waals surface area contributed by atoms with Gasteiger partial charge in [0.2, 0.25) is 0 Å². The number of Topliss-reactive ketones (excluding diaryl/α,β-unsaturated/α-hetero) is 1. The molecule has 0 aliphatic carbocycles. The van der Waals surface area contributed by atoms with Crippen LogP contribution in [0.4, 0.5) is 0 Å². The van der Waals surface area contributed by atoms with Crippen LogP contribution in [-0.4, -0.2) is 25.4 Å². The highest BCUT2D eigenvalue weighted by molar-refractivity contribution is 7.85. The number of carbonyl (C=O) groups is 1. The van der Waals surface area contributed by atoms with E-state index >= 15 is 0 Å². The molecular formula is C9H11NO4S. The molecular weight excluding hydrogens is 218 g/mol. The Morgan fingerprint density at radius 3 is 2.73 bits per heavy atom. The van der Waals surface area contributed by atoms with Crippen LogP contribution in [0.1, 0.15) is 23.0 Å². The van der Waals surface area contributed by atoms with E-state index < -0.39 is 10.1 Å². The van der Waals surface area contributed by atoms with Crippen molar-refractivity contribution in [3.63, 3.8) is 0 Å². The highest BCUT2D eigenvalue weighted by atomic mass is 32.2. The van der Waals surface area contributed by atoms with Crippen molar-refractivity contribution in [3.05, 3.63) is 29.6 Å². The lowest BCUT2D eigenvalue weighted by Crippen LogP contribution is -2.04. The third kappa shape index (κ3) is 4.18. The fourth-order valence-electron chi connectivity index (χ4n) is 0.932. The van der Waals surface area contributed by atoms with Crippen molar-refractivity contribution in [1.29, 1.82) is 0 Å². The molecule has 0 amide bonds. The van der Waals surface area contributed by atoms with Gasteiger partial charge in [-0.1, -0.05) is 0 Å². The molecule has 0 atom stereocenters. The first kappa shape index (κ1) is 11.8. The van der Waals surface area contributed by atoms with E-state index in [0.717, 1.165) is 6.26 Å². The Bertz CT molecular complexity index is 467. The molecule has 0 radical (unpaired) electrons. The summed E-state index contributed by atoms with van der Waals surface area (Å²) in [5.41, 5.74) is 0.894. The molecule has 0 aliphatic heterocycles. The van der Waals surface area contributed by atoms with Gasteiger partial charge in [0.15, 0.2) is 5.78 Å². The predicted molar refractivity (Wildman–Crippen MR) is 53.9 cm³/mol. The third-order valence-corrected chi connectivity index (χ3v) is 2.17. The van der Waals surface area contributed by atoms with Crippen LogP contribution in [0.25, 0.3) is 0 Å². The SMILES string of the molecule is CC(=O)c1cc(COS(C)(=O)=O)ccn1. The second kappa shape index (κ2) is 4.50. The summed E-state index contributed by atoms with van der Waals surface area (Å²) in [6.45, 7) is 1.31. The molecule has 0 saturated carbocycles. The maximum absolute atomic E-state index is 11.0. The molecule has 0 saturated heterocycles. The molecule has 15 heavy (non-hydrogen) atoms. The predicted octanol–water partition coefficient (Wildman–Crippen LogP) is 0.760. The van der Waals surface area contributed by atoms with Gasteiger partial charge in [0, 0.05) is 13.1 Å². The lowest BCUT2D eigenvalue weighted by atomic mass is 10.2. The second-order valence-electron chi connectivity index (χ2n) is 3.07. The molecule has 6 heteroatoms. The molecule has 0 aromatic carbocycles. The fourth-order valence-corrected chi connectivity index (χ4v) is 1.28. The number of hydrogen-bond acceptors (Lipinski definition) is 5. The van der Waals surface area contributed by atoms with Crippen molar-refractivity contribution in [2.75, 3.05) is 6.26 Å². The Hall–Kier alpha value is -1.27. The first-order valence-corrected chi connectivity index (χ1v) is 6.00. The van der Waals surface area contributed by atoms with E-state index in [1.165, 1.54) is 19.2 Å². The van der Waals surface area contributed by atoms with Gasteiger partial charge in [0.25, 0.3) is 10.1 Å². The van der Waals surface area contributed by atoms with Crippen LogP contribution in [-0.2, 0) is 20.9 Å². The Morgan fingerprint density at radius 2 is 2.20 bits per heavy atom. The van der Waals surface area contributed by atoms with Crippen LogP contribution >= 0.6 is 0 Å². The summed E-state index contributed by atoms with van der Waals surface area (Å²) in [5, 5.41) is 0. The summed E-state index contributed by atoms with van der Waals surface area (Å²) in [7, 11) is -3.46. The number of nitrogens with zero attached hydrogens (tertiary/aromatic N) is 1. The zero-order valence-electron chi connectivity index (χ0n) is 8.43. The molecule has 0 fully saturated rings. The van der Waals surface area contributed by atoms with E-state index in [4.69, 9.17) is 0 Å². The zero-order valence-corrected chi connectivity index (χ0v) is 9.24. The molecule has 82 valence electrons. The minimum Gasteiger partial charge on any atom is -0.293 e. The van der Waals surface area contributed by atoms with E-state index in [1.807, 2.05) is 0 Å². The number of aromatic nitrogens is 1. The molecule has 5 nitrogen and oxygen atoms in total. The second-order valence-corrected chi connectivity index (χ2v) is 4.72. The lowest BCUT2D eigenvalue weighted by Gasteiger charge is -2.02. The molecule has 0 N–H and O–H groups in total. The van der Waals surface area contributed by atoms with Gasteiger partial charge in [-0.05, 0) is 17.7 Å². The van der Waals surface area contributed by atoms with E-state index in [-0.39, 0.29) is 12.4 Å². The molecule has 1 aromatic rings. The number of ketones is 1. The van der Waals surface area contributed by atoms with Crippen molar-refractivity contribution in [2.45, 2.75) is 13.5 Å². The molecule has 0 unspecified atom stereocenters. The van der Waals surface area contributed by atoms with Crippen molar-refractivity contribution in [1.82, 2.24) is 4.98 Å². The number of carbonyl (C=O) groups excluding carboxylic acids is 1. The first-order valence-electron chi connectivity index (χ1n) is 4.19. The number of hydrogen-bond donors (Lipinski definition) is 0. The Morgan fingerprint density at radius 1 is 1.53 bits per heavy atom. The van der Waals surface area contributed by atoms with Gasteiger partial charge in [-0.25, -0.2) is 0 Å². The molecule has 1 aromatic heterocycles. The van der Waals surface area contributed by atoms with Crippen LogP contribution in [0.15, 0.2) is 18.3 Å². The van der Waals surface area contributed by atoms with Gasteiger partial charge in [0.05, 0.1) is 12.9 Å². The monoisotopic (exact) mass is 229 g/mol. The van der Waals surface area contributed by atoms with Crippen LogP contribution in [0.2, 0.25) is 0 Å². The third-order valence-electron chi connectivity index (χ3n) is 1.62. The van der Waals surface area contributed by atoms with E-state index in [1.54, 1.807) is 6.07 Å². The summed E-state index contributed by atoms with van der Waals surface area (Å²) in [6, 6.07) is 3.10. The van der Waals surface area contributed by atoms with E-state index in [0.29, 0.717) is 11.3 Å². The fraction of sp³-hybridized carbons (Fsp3) is 0.333. The van der Waals surface area contributed by atoms with Gasteiger partial charge in [-0.2, -0.15) is 8.42 Å². The Kier molecular flexibility index (Phi) is 3.54. The van der Waals surface area contributed by atoms with Crippen LogP contribution in [0.5, 0.6) is 0 Å². The lowest BCUT2D eigenvalue weighted by molar-refractivity contribution is 0.101. The standard InChI is InChI=1S/C9H11NO4S/c1-7(11)9-5-8(3-4-10-9)6-14-15(2,12)13/h3-5H,6H2,1-2H3. The Balaban J connectivity index is 2.79. The molecule has 0 bridgehead atoms. The Labute approximate surface area is 88.2 Å². The van der Waals surface area contributed by atoms with Gasteiger partial charge in [-0.3, -0.25) is 14.0 Å². The molecule has 0 spiro atoms. The van der Waals surface area contributed by atoms with Crippen molar-refractivity contribution in [2.24, 2.45) is 0 Å². The number of pyridine rings is 1. The zero-order chi connectivity index (χ0) is 11.5. The largest absolute Gasteiger partial charge is 0.293 e. The average Bonchev–Trinajstić information content (AvgIpc) is 2.14. The van der Waals surface area contributed by atoms with Crippen LogP contribution in [0.3, 0.4) is 0 Å². The number of rotatable bonds is 4. The maximum Gasteiger partial charge on any atom is 0.264 e. The normalized spacial score (nSPS) is 11.3. The van der Waals surface area contributed by atoms with Crippen molar-refractivity contribution < 1.29 is 17.4 Å². The molecule has 0 aliphatic rings. The summed E-state index contributed by atoms with van der Waals surface area (Å²) < 4.78 is 26.0. The topological polar surface area (TPSA) is 73.3 Å². The highest BCUT2D eigenvalue weighted by Gasteiger charge is 2.05. The summed E-state index contributed by atoms with van der Waals surface area (Å²) >= 11 is 0. The summed E-state index contributed by atoms with van der Waals surface area (Å²) in [6.07, 6.45) is 2.41. The van der Waals surface area contributed by atoms with Crippen molar-refractivity contribution in [3.8, 4) is 0 Å². The van der Waals surface area contributed by atoms with Gasteiger partial charge in [-0.15, -0.1) is 0 Å². The van der Waals surface area contributed by atoms with Gasteiger partial charge in [0.1, 0.15) is 5.69 Å². The van der Waals surface area contributed by atoms with Crippen LogP contribution < -0.4 is 0 Å². The van der Waals surface area contributed by atoms with Gasteiger partial charge >= 0.3 is 0 Å². The minimum absolute atomic E-state index is 0.0817. The highest BCUT2D eigenvalue weighted by Crippen LogP contribution is 2.05. The van der Waals surface area contributed by atoms with Gasteiger partial charge < -0.3 is 0 Å². The average molecular weight is 229 g/mol. The first-order chi connectivity index (χ1) is 6.88. The minimum atomic E-state index is -3.46.